The molecular formula is C44H50N2+2. The Bertz CT molecular complexity index is 1900. The van der Waals surface area contributed by atoms with Crippen LogP contribution in [0.2, 0.25) is 0 Å². The molecule has 2 aliphatic heterocycles. The van der Waals surface area contributed by atoms with Crippen molar-refractivity contribution in [2.45, 2.75) is 103 Å². The zero-order valence-electron chi connectivity index (χ0n) is 28.6. The van der Waals surface area contributed by atoms with Gasteiger partial charge in [0, 0.05) is 55.0 Å². The number of benzene rings is 3. The number of unbranched alkanes of at least 4 members (excludes halogenated alkanes) is 1. The molecule has 0 saturated carbocycles. The largest absolute Gasteiger partial charge is 0.213 e. The van der Waals surface area contributed by atoms with Gasteiger partial charge >= 0.3 is 0 Å². The van der Waals surface area contributed by atoms with Gasteiger partial charge in [-0.05, 0) is 86.1 Å². The van der Waals surface area contributed by atoms with Gasteiger partial charge in [0.05, 0.1) is 11.0 Å². The lowest BCUT2D eigenvalue weighted by molar-refractivity contribution is -0.764. The fourth-order valence-corrected chi connectivity index (χ4v) is 9.00. The molecule has 2 aromatic heterocycles. The summed E-state index contributed by atoms with van der Waals surface area (Å²) in [7, 11) is 0. The van der Waals surface area contributed by atoms with Crippen molar-refractivity contribution in [3.05, 3.63) is 131 Å². The molecular weight excluding hydrogens is 556 g/mol. The van der Waals surface area contributed by atoms with Crippen LogP contribution < -0.4 is 9.13 Å². The van der Waals surface area contributed by atoms with E-state index in [1.165, 1.54) is 88.9 Å². The second-order valence-corrected chi connectivity index (χ2v) is 14.2. The van der Waals surface area contributed by atoms with Crippen molar-refractivity contribution >= 4 is 0 Å². The van der Waals surface area contributed by atoms with Gasteiger partial charge in [0.1, 0.15) is 6.54 Å². The van der Waals surface area contributed by atoms with Gasteiger partial charge in [0.2, 0.25) is 11.4 Å². The monoisotopic (exact) mass is 606 g/mol. The molecule has 5 aromatic rings. The molecule has 0 bridgehead atoms. The summed E-state index contributed by atoms with van der Waals surface area (Å²) < 4.78 is 5.39. The maximum atomic E-state index is 2.84. The van der Waals surface area contributed by atoms with E-state index in [0.29, 0.717) is 0 Å². The van der Waals surface area contributed by atoms with Crippen LogP contribution in [0.15, 0.2) is 103 Å². The lowest BCUT2D eigenvalue weighted by Crippen LogP contribution is -2.68. The van der Waals surface area contributed by atoms with Crippen LogP contribution in [0.1, 0.15) is 87.2 Å². The summed E-state index contributed by atoms with van der Waals surface area (Å²) >= 11 is 0. The van der Waals surface area contributed by atoms with Crippen molar-refractivity contribution in [1.82, 2.24) is 0 Å². The van der Waals surface area contributed by atoms with Gasteiger partial charge < -0.3 is 0 Å². The fraction of sp³-hybridized carbons (Fsp3) is 0.364. The predicted molar refractivity (Wildman–Crippen MR) is 191 cm³/mol. The molecule has 4 heterocycles. The van der Waals surface area contributed by atoms with Gasteiger partial charge in [0.15, 0.2) is 17.4 Å². The van der Waals surface area contributed by atoms with Crippen molar-refractivity contribution in [1.29, 1.82) is 0 Å². The minimum Gasteiger partial charge on any atom is -0.198 e. The molecule has 2 nitrogen and oxygen atoms in total. The maximum absolute atomic E-state index is 2.84. The second kappa shape index (κ2) is 12.3. The van der Waals surface area contributed by atoms with E-state index in [2.05, 4.69) is 147 Å². The summed E-state index contributed by atoms with van der Waals surface area (Å²) in [5.74, 6) is 0. The third-order valence-corrected chi connectivity index (χ3v) is 11.7. The number of aryl methyl sites for hydroxylation is 5. The molecule has 2 heteroatoms. The van der Waals surface area contributed by atoms with E-state index in [0.717, 1.165) is 19.4 Å². The molecule has 7 rings (SSSR count). The van der Waals surface area contributed by atoms with Gasteiger partial charge in [-0.15, -0.1) is 0 Å². The van der Waals surface area contributed by atoms with Crippen LogP contribution in [-0.4, -0.2) is 0 Å². The first-order chi connectivity index (χ1) is 22.4. The number of pyridine rings is 2. The molecule has 3 aromatic carbocycles. The summed E-state index contributed by atoms with van der Waals surface area (Å²) in [6.07, 6.45) is 11.9. The van der Waals surface area contributed by atoms with E-state index in [1.807, 2.05) is 0 Å². The topological polar surface area (TPSA) is 7.76 Å². The fourth-order valence-electron chi connectivity index (χ4n) is 9.00. The van der Waals surface area contributed by atoms with Gasteiger partial charge in [-0.25, -0.2) is 0 Å². The summed E-state index contributed by atoms with van der Waals surface area (Å²) in [6, 6.07) is 36.7. The number of hydrogen-bond acceptors (Lipinski definition) is 0. The highest BCUT2D eigenvalue weighted by molar-refractivity contribution is 5.69. The lowest BCUT2D eigenvalue weighted by Gasteiger charge is -2.46. The third-order valence-electron chi connectivity index (χ3n) is 11.7. The first kappa shape index (κ1) is 30.6. The highest BCUT2D eigenvalue weighted by atomic mass is 15.1. The van der Waals surface area contributed by atoms with Crippen LogP contribution in [0.5, 0.6) is 0 Å². The maximum Gasteiger partial charge on any atom is 0.213 e. The van der Waals surface area contributed by atoms with Crippen LogP contribution >= 0.6 is 0 Å². The van der Waals surface area contributed by atoms with E-state index in [-0.39, 0.29) is 11.0 Å². The minimum atomic E-state index is 0.0705. The molecule has 2 unspecified atom stereocenters. The Morgan fingerprint density at radius 2 is 1.41 bits per heavy atom. The Morgan fingerprint density at radius 3 is 2.13 bits per heavy atom. The quantitative estimate of drug-likeness (QED) is 0.140. The van der Waals surface area contributed by atoms with Crippen LogP contribution in [0.25, 0.3) is 33.6 Å². The lowest BCUT2D eigenvalue weighted by atomic mass is 9.59. The molecule has 0 amide bonds. The van der Waals surface area contributed by atoms with Gasteiger partial charge in [-0.3, -0.25) is 0 Å². The van der Waals surface area contributed by atoms with Crippen LogP contribution in [0.3, 0.4) is 0 Å². The minimum absolute atomic E-state index is 0.0705. The first-order valence-electron chi connectivity index (χ1n) is 17.7. The number of rotatable bonds is 10. The summed E-state index contributed by atoms with van der Waals surface area (Å²) in [4.78, 5) is 0. The average Bonchev–Trinajstić information content (AvgIpc) is 3.47. The molecule has 2 atom stereocenters. The van der Waals surface area contributed by atoms with Crippen molar-refractivity contribution in [2.75, 3.05) is 0 Å². The van der Waals surface area contributed by atoms with E-state index in [1.54, 1.807) is 11.3 Å². The van der Waals surface area contributed by atoms with Crippen molar-refractivity contribution in [3.63, 3.8) is 0 Å². The predicted octanol–water partition coefficient (Wildman–Crippen LogP) is 10.0. The highest BCUT2D eigenvalue weighted by Crippen LogP contribution is 2.54. The zero-order chi connectivity index (χ0) is 31.9. The molecule has 0 radical (unpaired) electrons. The number of nitrogens with zero attached hydrogens (tertiary/aromatic N) is 2. The third kappa shape index (κ3) is 4.93. The van der Waals surface area contributed by atoms with E-state index in [9.17, 15) is 0 Å². The molecule has 0 fully saturated rings. The standard InChI is InChI=1S/C44H50N2/c1-6-8-18-34-29-36-25-27-44(43(5,7-2)40-22-14-13-21-39(40)42(30-34)46(36)44)26-15-28-45-31-35(37-19-11-9-16-32(37)3)23-24-41(45)38-20-12-10-17-33(38)4/h9-14,16-17,19-24,29-31H,6-8,15,18,25-28H2,1-5H3/q+2. The van der Waals surface area contributed by atoms with E-state index >= 15 is 0 Å². The smallest absolute Gasteiger partial charge is 0.198 e. The highest BCUT2D eigenvalue weighted by Gasteiger charge is 2.63. The molecule has 2 aliphatic rings. The van der Waals surface area contributed by atoms with Crippen LogP contribution in [-0.2, 0) is 30.3 Å². The molecule has 0 N–H and O–H groups in total. The van der Waals surface area contributed by atoms with Crippen LogP contribution in [0.4, 0.5) is 0 Å². The molecule has 0 spiro atoms. The molecule has 0 saturated heterocycles. The van der Waals surface area contributed by atoms with Gasteiger partial charge in [-0.2, -0.15) is 9.13 Å². The van der Waals surface area contributed by atoms with Crippen molar-refractivity contribution < 1.29 is 9.13 Å². The summed E-state index contributed by atoms with van der Waals surface area (Å²) in [5.41, 5.74) is 15.5. The van der Waals surface area contributed by atoms with Gasteiger partial charge in [-0.1, -0.05) is 80.9 Å². The number of hydrogen-bond donors (Lipinski definition) is 0. The second-order valence-electron chi connectivity index (χ2n) is 14.2. The Kier molecular flexibility index (Phi) is 8.17. The molecule has 234 valence electrons. The first-order valence-corrected chi connectivity index (χ1v) is 17.7. The normalized spacial score (nSPS) is 19.6. The number of aromatic nitrogens is 2. The Balaban J connectivity index is 1.30. The van der Waals surface area contributed by atoms with Crippen LogP contribution in [0, 0.1) is 13.8 Å². The molecule has 0 aliphatic carbocycles. The van der Waals surface area contributed by atoms with E-state index < -0.39 is 0 Å². The summed E-state index contributed by atoms with van der Waals surface area (Å²) in [6.45, 7) is 12.8. The summed E-state index contributed by atoms with van der Waals surface area (Å²) in [5, 5.41) is 0. The Hall–Kier alpha value is -4.04. The Morgan fingerprint density at radius 1 is 0.717 bits per heavy atom. The number of fused-ring (bicyclic) bond motifs is 2. The van der Waals surface area contributed by atoms with Crippen molar-refractivity contribution in [3.8, 4) is 33.6 Å². The molecule has 46 heavy (non-hydrogen) atoms. The zero-order valence-corrected chi connectivity index (χ0v) is 28.6. The Labute approximate surface area is 276 Å². The van der Waals surface area contributed by atoms with Crippen molar-refractivity contribution in [2.24, 2.45) is 0 Å². The van der Waals surface area contributed by atoms with E-state index in [4.69, 9.17) is 0 Å². The van der Waals surface area contributed by atoms with Gasteiger partial charge in [0.25, 0.3) is 0 Å². The average molecular weight is 607 g/mol. The SMILES string of the molecule is CCCCc1cc2[n+]3c(c1)-c1ccccc1C(C)(CC)C3(CCC[n+]1cc(-c3ccccc3C)ccc1-c1ccccc1C)CC2.